The summed E-state index contributed by atoms with van der Waals surface area (Å²) in [5, 5.41) is 9.82. The molecule has 2 aromatic carbocycles. The van der Waals surface area contributed by atoms with Gasteiger partial charge in [-0.15, -0.1) is 0 Å². The standard InChI is InChI=1S/C21H21NO5/c1-26-20(24)19-10-15(23)11-22(19)21(25)27-12-14-6-4-8-17-16-7-3-2-5-13(16)9-18(14)17/h2-8,15,19,23H,9-12H2,1H3. The maximum absolute atomic E-state index is 12.5. The number of amides is 1. The number of likely N-dealkylation sites (tertiary alicyclic amines) is 1. The minimum atomic E-state index is -0.803. The average Bonchev–Trinajstić information content (AvgIpc) is 3.26. The van der Waals surface area contributed by atoms with Crippen LogP contribution in [-0.4, -0.2) is 47.9 Å². The van der Waals surface area contributed by atoms with Crippen LogP contribution in [0.5, 0.6) is 0 Å². The molecule has 0 spiro atoms. The predicted molar refractivity (Wildman–Crippen MR) is 98.0 cm³/mol. The van der Waals surface area contributed by atoms with Crippen LogP contribution in [0.15, 0.2) is 42.5 Å². The second-order valence-electron chi connectivity index (χ2n) is 6.91. The number of ether oxygens (including phenoxy) is 2. The lowest BCUT2D eigenvalue weighted by Crippen LogP contribution is -2.41. The summed E-state index contributed by atoms with van der Waals surface area (Å²) in [6.45, 7) is 0.188. The third kappa shape index (κ3) is 3.17. The first-order valence-corrected chi connectivity index (χ1v) is 8.97. The molecule has 0 saturated carbocycles. The van der Waals surface area contributed by atoms with Gasteiger partial charge in [0.1, 0.15) is 12.6 Å². The Morgan fingerprint density at radius 2 is 1.93 bits per heavy atom. The topological polar surface area (TPSA) is 76.1 Å². The van der Waals surface area contributed by atoms with E-state index in [-0.39, 0.29) is 19.6 Å². The van der Waals surface area contributed by atoms with Crippen LogP contribution >= 0.6 is 0 Å². The molecule has 6 heteroatoms. The summed E-state index contributed by atoms with van der Waals surface area (Å²) in [6, 6.07) is 13.4. The van der Waals surface area contributed by atoms with E-state index in [1.807, 2.05) is 24.3 Å². The van der Waals surface area contributed by atoms with E-state index >= 15 is 0 Å². The van der Waals surface area contributed by atoms with Gasteiger partial charge in [0.05, 0.1) is 19.8 Å². The third-order valence-corrected chi connectivity index (χ3v) is 5.29. The van der Waals surface area contributed by atoms with Crippen molar-refractivity contribution in [2.24, 2.45) is 0 Å². The normalized spacial score (nSPS) is 20.1. The van der Waals surface area contributed by atoms with Crippen LogP contribution in [0, 0.1) is 0 Å². The van der Waals surface area contributed by atoms with E-state index in [0.717, 1.165) is 17.5 Å². The number of rotatable bonds is 3. The van der Waals surface area contributed by atoms with E-state index in [2.05, 4.69) is 18.2 Å². The van der Waals surface area contributed by atoms with Crippen molar-refractivity contribution in [3.05, 3.63) is 59.2 Å². The number of carbonyl (C=O) groups excluding carboxylic acids is 2. The third-order valence-electron chi connectivity index (χ3n) is 5.29. The zero-order chi connectivity index (χ0) is 19.0. The Hall–Kier alpha value is -2.86. The van der Waals surface area contributed by atoms with Crippen molar-refractivity contribution < 1.29 is 24.2 Å². The quantitative estimate of drug-likeness (QED) is 0.720. The fraction of sp³-hybridized carbons (Fsp3) is 0.333. The van der Waals surface area contributed by atoms with Crippen LogP contribution in [0.2, 0.25) is 0 Å². The summed E-state index contributed by atoms with van der Waals surface area (Å²) >= 11 is 0. The molecule has 2 aromatic rings. The molecule has 1 aliphatic heterocycles. The van der Waals surface area contributed by atoms with Gasteiger partial charge in [-0.25, -0.2) is 9.59 Å². The van der Waals surface area contributed by atoms with Gasteiger partial charge < -0.3 is 14.6 Å². The number of methoxy groups -OCH3 is 1. The van der Waals surface area contributed by atoms with Gasteiger partial charge in [-0.3, -0.25) is 4.90 Å². The van der Waals surface area contributed by atoms with Crippen molar-refractivity contribution in [2.45, 2.75) is 31.6 Å². The van der Waals surface area contributed by atoms with Crippen molar-refractivity contribution in [1.29, 1.82) is 0 Å². The molecule has 2 atom stereocenters. The predicted octanol–water partition coefficient (Wildman–Crippen LogP) is 2.50. The first-order chi connectivity index (χ1) is 13.1. The Morgan fingerprint density at radius 3 is 2.74 bits per heavy atom. The van der Waals surface area contributed by atoms with Gasteiger partial charge in [0.2, 0.25) is 0 Å². The fourth-order valence-corrected chi connectivity index (χ4v) is 3.96. The average molecular weight is 367 g/mol. The van der Waals surface area contributed by atoms with Crippen LogP contribution in [0.4, 0.5) is 4.79 Å². The molecule has 0 bridgehead atoms. The number of nitrogens with zero attached hydrogens (tertiary/aromatic N) is 1. The molecule has 1 aliphatic carbocycles. The number of β-amino-alcohol motifs (C(OH)–C–C–N with tert-alkyl or cyclic N) is 1. The SMILES string of the molecule is COC(=O)C1CC(O)CN1C(=O)OCc1cccc2c1Cc1ccccc1-2. The largest absolute Gasteiger partial charge is 0.467 e. The molecule has 0 aromatic heterocycles. The summed E-state index contributed by atoms with van der Waals surface area (Å²) in [6.07, 6.45) is -0.392. The van der Waals surface area contributed by atoms with Crippen molar-refractivity contribution in [3.8, 4) is 11.1 Å². The molecule has 2 unspecified atom stereocenters. The molecular weight excluding hydrogens is 346 g/mol. The Labute approximate surface area is 157 Å². The van der Waals surface area contributed by atoms with Gasteiger partial charge in [0.15, 0.2) is 0 Å². The number of carbonyl (C=O) groups is 2. The smallest absolute Gasteiger partial charge is 0.410 e. The summed E-state index contributed by atoms with van der Waals surface area (Å²) in [5.74, 6) is -0.542. The van der Waals surface area contributed by atoms with Gasteiger partial charge >= 0.3 is 12.1 Å². The van der Waals surface area contributed by atoms with Gasteiger partial charge in [-0.2, -0.15) is 0 Å². The lowest BCUT2D eigenvalue weighted by molar-refractivity contribution is -0.145. The molecule has 0 radical (unpaired) electrons. The minimum Gasteiger partial charge on any atom is -0.467 e. The van der Waals surface area contributed by atoms with Crippen molar-refractivity contribution in [2.75, 3.05) is 13.7 Å². The van der Waals surface area contributed by atoms with E-state index < -0.39 is 24.2 Å². The van der Waals surface area contributed by atoms with Crippen LogP contribution < -0.4 is 0 Å². The van der Waals surface area contributed by atoms with Crippen LogP contribution in [0.3, 0.4) is 0 Å². The molecule has 6 nitrogen and oxygen atoms in total. The van der Waals surface area contributed by atoms with Gasteiger partial charge in [-0.05, 0) is 34.2 Å². The van der Waals surface area contributed by atoms with Crippen molar-refractivity contribution >= 4 is 12.1 Å². The number of aliphatic hydroxyl groups excluding tert-OH is 1. The van der Waals surface area contributed by atoms with Crippen molar-refractivity contribution in [3.63, 3.8) is 0 Å². The van der Waals surface area contributed by atoms with E-state index in [0.29, 0.717) is 0 Å². The number of hydrogen-bond donors (Lipinski definition) is 1. The second kappa shape index (κ2) is 7.04. The maximum Gasteiger partial charge on any atom is 0.410 e. The molecule has 27 heavy (non-hydrogen) atoms. The number of aliphatic hydroxyl groups is 1. The highest BCUT2D eigenvalue weighted by atomic mass is 16.6. The maximum atomic E-state index is 12.5. The lowest BCUT2D eigenvalue weighted by atomic mass is 10.0. The number of fused-ring (bicyclic) bond motifs is 3. The Balaban J connectivity index is 1.49. The monoisotopic (exact) mass is 367 g/mol. The van der Waals surface area contributed by atoms with Crippen LogP contribution in [-0.2, 0) is 27.3 Å². The van der Waals surface area contributed by atoms with Gasteiger partial charge in [0.25, 0.3) is 0 Å². The van der Waals surface area contributed by atoms with E-state index in [1.165, 1.54) is 28.7 Å². The Kier molecular flexibility index (Phi) is 4.58. The summed E-state index contributed by atoms with van der Waals surface area (Å²) in [4.78, 5) is 25.6. The summed E-state index contributed by atoms with van der Waals surface area (Å²) in [7, 11) is 1.27. The highest BCUT2D eigenvalue weighted by Crippen LogP contribution is 2.38. The number of hydrogen-bond acceptors (Lipinski definition) is 5. The summed E-state index contributed by atoms with van der Waals surface area (Å²) in [5.41, 5.74) is 5.76. The molecule has 1 amide bonds. The number of benzene rings is 2. The van der Waals surface area contributed by atoms with Crippen LogP contribution in [0.25, 0.3) is 11.1 Å². The molecule has 140 valence electrons. The molecule has 1 N–H and O–H groups in total. The Morgan fingerprint density at radius 1 is 1.15 bits per heavy atom. The first kappa shape index (κ1) is 17.5. The molecule has 1 fully saturated rings. The molecule has 1 heterocycles. The minimum absolute atomic E-state index is 0.0664. The highest BCUT2D eigenvalue weighted by molar-refractivity contribution is 5.82. The van der Waals surface area contributed by atoms with E-state index in [9.17, 15) is 14.7 Å². The number of esters is 1. The Bertz CT molecular complexity index is 894. The first-order valence-electron chi connectivity index (χ1n) is 8.97. The van der Waals surface area contributed by atoms with Gasteiger partial charge in [-0.1, -0.05) is 42.5 Å². The lowest BCUT2D eigenvalue weighted by Gasteiger charge is -2.22. The van der Waals surface area contributed by atoms with E-state index in [1.54, 1.807) is 0 Å². The molecular formula is C21H21NO5. The van der Waals surface area contributed by atoms with Gasteiger partial charge in [0, 0.05) is 6.42 Å². The molecule has 1 saturated heterocycles. The zero-order valence-electron chi connectivity index (χ0n) is 15.1. The zero-order valence-corrected chi connectivity index (χ0v) is 15.1. The highest BCUT2D eigenvalue weighted by Gasteiger charge is 2.40. The summed E-state index contributed by atoms with van der Waals surface area (Å²) < 4.78 is 10.2. The fourth-order valence-electron chi connectivity index (χ4n) is 3.96. The van der Waals surface area contributed by atoms with E-state index in [4.69, 9.17) is 9.47 Å². The molecule has 4 rings (SSSR count). The van der Waals surface area contributed by atoms with Crippen LogP contribution in [0.1, 0.15) is 23.1 Å². The van der Waals surface area contributed by atoms with Crippen molar-refractivity contribution in [1.82, 2.24) is 4.90 Å². The molecule has 2 aliphatic rings. The second-order valence-corrected chi connectivity index (χ2v) is 6.91.